The molecule has 0 atom stereocenters. The SMILES string of the molecule is CCC(CC)C(=O)N1CCC2(CCN(Cc3sccc3C)CC2)CC1. The number of carbonyl (C=O) groups is 1. The minimum absolute atomic E-state index is 0.241. The largest absolute Gasteiger partial charge is 0.342 e. The number of rotatable bonds is 5. The van der Waals surface area contributed by atoms with Crippen LogP contribution in [0.1, 0.15) is 62.8 Å². The van der Waals surface area contributed by atoms with Gasteiger partial charge in [-0.15, -0.1) is 11.3 Å². The van der Waals surface area contributed by atoms with Gasteiger partial charge in [-0.1, -0.05) is 13.8 Å². The predicted octanol–water partition coefficient (Wildman–Crippen LogP) is 4.70. The van der Waals surface area contributed by atoms with Crippen molar-refractivity contribution in [3.05, 3.63) is 21.9 Å². The van der Waals surface area contributed by atoms with Gasteiger partial charge in [-0.3, -0.25) is 9.69 Å². The van der Waals surface area contributed by atoms with Crippen LogP contribution in [-0.2, 0) is 11.3 Å². The molecule has 0 bridgehead atoms. The van der Waals surface area contributed by atoms with E-state index in [0.29, 0.717) is 11.3 Å². The molecular formula is C21H34N2OS. The van der Waals surface area contributed by atoms with Gasteiger partial charge in [0.15, 0.2) is 0 Å². The Morgan fingerprint density at radius 1 is 1.12 bits per heavy atom. The monoisotopic (exact) mass is 362 g/mol. The molecule has 0 saturated carbocycles. The lowest BCUT2D eigenvalue weighted by molar-refractivity contribution is -0.138. The Balaban J connectivity index is 1.48. The summed E-state index contributed by atoms with van der Waals surface area (Å²) in [4.78, 5) is 18.9. The zero-order valence-electron chi connectivity index (χ0n) is 16.2. The Bertz CT molecular complexity index is 560. The van der Waals surface area contributed by atoms with E-state index in [-0.39, 0.29) is 5.92 Å². The molecule has 1 amide bonds. The molecule has 3 nitrogen and oxygen atoms in total. The highest BCUT2D eigenvalue weighted by molar-refractivity contribution is 7.10. The van der Waals surface area contributed by atoms with Crippen LogP contribution in [0.3, 0.4) is 0 Å². The lowest BCUT2D eigenvalue weighted by Crippen LogP contribution is -2.49. The number of hydrogen-bond acceptors (Lipinski definition) is 3. The maximum Gasteiger partial charge on any atom is 0.225 e. The van der Waals surface area contributed by atoms with E-state index in [0.717, 1.165) is 32.5 Å². The second kappa shape index (κ2) is 8.22. The third kappa shape index (κ3) is 4.28. The second-order valence-electron chi connectivity index (χ2n) is 8.14. The van der Waals surface area contributed by atoms with Crippen LogP contribution in [-0.4, -0.2) is 41.9 Å². The third-order valence-electron chi connectivity index (χ3n) is 6.72. The summed E-state index contributed by atoms with van der Waals surface area (Å²) in [5.74, 6) is 0.649. The van der Waals surface area contributed by atoms with E-state index in [2.05, 4.69) is 42.0 Å². The van der Waals surface area contributed by atoms with Gasteiger partial charge < -0.3 is 4.90 Å². The molecule has 2 aliphatic heterocycles. The van der Waals surface area contributed by atoms with E-state index >= 15 is 0 Å². The van der Waals surface area contributed by atoms with Crippen molar-refractivity contribution in [3.63, 3.8) is 0 Å². The molecule has 3 heterocycles. The Morgan fingerprint density at radius 3 is 2.24 bits per heavy atom. The van der Waals surface area contributed by atoms with Gasteiger partial charge >= 0.3 is 0 Å². The highest BCUT2D eigenvalue weighted by Gasteiger charge is 2.39. The molecule has 0 unspecified atom stereocenters. The van der Waals surface area contributed by atoms with Crippen molar-refractivity contribution in [1.29, 1.82) is 0 Å². The molecule has 2 fully saturated rings. The molecule has 0 aromatic carbocycles. The summed E-state index contributed by atoms with van der Waals surface area (Å²) in [6.07, 6.45) is 7.01. The molecule has 140 valence electrons. The number of nitrogens with zero attached hydrogens (tertiary/aromatic N) is 2. The minimum Gasteiger partial charge on any atom is -0.342 e. The Morgan fingerprint density at radius 2 is 1.72 bits per heavy atom. The van der Waals surface area contributed by atoms with E-state index in [9.17, 15) is 4.79 Å². The summed E-state index contributed by atoms with van der Waals surface area (Å²) in [7, 11) is 0. The average Bonchev–Trinajstić information content (AvgIpc) is 3.03. The number of amides is 1. The van der Waals surface area contributed by atoms with Crippen molar-refractivity contribution in [2.75, 3.05) is 26.2 Å². The first-order valence-electron chi connectivity index (χ1n) is 10.1. The molecule has 4 heteroatoms. The quantitative estimate of drug-likeness (QED) is 0.758. The van der Waals surface area contributed by atoms with Crippen LogP contribution in [0.25, 0.3) is 0 Å². The zero-order valence-corrected chi connectivity index (χ0v) is 17.0. The number of hydrogen-bond donors (Lipinski definition) is 0. The van der Waals surface area contributed by atoms with E-state index in [4.69, 9.17) is 0 Å². The normalized spacial score (nSPS) is 21.2. The molecule has 2 aliphatic rings. The van der Waals surface area contributed by atoms with Crippen LogP contribution in [0, 0.1) is 18.3 Å². The fraction of sp³-hybridized carbons (Fsp3) is 0.762. The number of carbonyl (C=O) groups excluding carboxylic acids is 1. The van der Waals surface area contributed by atoms with Crippen molar-refractivity contribution in [1.82, 2.24) is 9.80 Å². The summed E-state index contributed by atoms with van der Waals surface area (Å²) in [5, 5.41) is 2.21. The first kappa shape index (κ1) is 18.9. The van der Waals surface area contributed by atoms with Crippen LogP contribution in [0.15, 0.2) is 11.4 Å². The molecule has 2 saturated heterocycles. The van der Waals surface area contributed by atoms with E-state index in [1.165, 1.54) is 49.2 Å². The van der Waals surface area contributed by atoms with Crippen LogP contribution >= 0.6 is 11.3 Å². The molecule has 0 aliphatic carbocycles. The lowest BCUT2D eigenvalue weighted by Gasteiger charge is -2.47. The standard InChI is InChI=1S/C21H34N2OS/c1-4-18(5-2)20(24)23-13-9-21(10-14-23)7-11-22(12-8-21)16-19-17(3)6-15-25-19/h6,15,18H,4-5,7-14,16H2,1-3H3. The van der Waals surface area contributed by atoms with Gasteiger partial charge in [-0.2, -0.15) is 0 Å². The molecule has 1 aromatic heterocycles. The highest BCUT2D eigenvalue weighted by atomic mass is 32.1. The summed E-state index contributed by atoms with van der Waals surface area (Å²) >= 11 is 1.89. The van der Waals surface area contributed by atoms with Crippen molar-refractivity contribution in [2.45, 2.75) is 65.8 Å². The molecule has 0 radical (unpaired) electrons. The van der Waals surface area contributed by atoms with Gasteiger partial charge in [0.2, 0.25) is 5.91 Å². The third-order valence-corrected chi connectivity index (χ3v) is 7.73. The van der Waals surface area contributed by atoms with Crippen molar-refractivity contribution >= 4 is 17.2 Å². The van der Waals surface area contributed by atoms with Crippen LogP contribution in [0.2, 0.25) is 0 Å². The van der Waals surface area contributed by atoms with Crippen LogP contribution < -0.4 is 0 Å². The molecule has 1 aromatic rings. The fourth-order valence-electron chi connectivity index (χ4n) is 4.55. The zero-order chi connectivity index (χ0) is 17.9. The maximum absolute atomic E-state index is 12.6. The Labute approximate surface area is 157 Å². The minimum atomic E-state index is 0.241. The average molecular weight is 363 g/mol. The number of likely N-dealkylation sites (tertiary alicyclic amines) is 2. The fourth-order valence-corrected chi connectivity index (χ4v) is 5.50. The van der Waals surface area contributed by atoms with Crippen molar-refractivity contribution < 1.29 is 4.79 Å². The smallest absolute Gasteiger partial charge is 0.225 e. The topological polar surface area (TPSA) is 23.6 Å². The van der Waals surface area contributed by atoms with Crippen LogP contribution in [0.4, 0.5) is 0 Å². The Hall–Kier alpha value is -0.870. The first-order valence-corrected chi connectivity index (χ1v) is 11.0. The van der Waals surface area contributed by atoms with Gasteiger partial charge in [0, 0.05) is 30.4 Å². The van der Waals surface area contributed by atoms with Crippen molar-refractivity contribution in [2.24, 2.45) is 11.3 Å². The van der Waals surface area contributed by atoms with Gasteiger partial charge in [-0.25, -0.2) is 0 Å². The Kier molecular flexibility index (Phi) is 6.21. The number of aryl methyl sites for hydroxylation is 1. The van der Waals surface area contributed by atoms with Gasteiger partial charge in [-0.05, 0) is 81.0 Å². The molecule has 1 spiro atoms. The second-order valence-corrected chi connectivity index (χ2v) is 9.14. The summed E-state index contributed by atoms with van der Waals surface area (Å²) < 4.78 is 0. The number of piperidine rings is 2. The van der Waals surface area contributed by atoms with Crippen LogP contribution in [0.5, 0.6) is 0 Å². The highest BCUT2D eigenvalue weighted by Crippen LogP contribution is 2.42. The maximum atomic E-state index is 12.6. The van der Waals surface area contributed by atoms with E-state index in [1.54, 1.807) is 0 Å². The van der Waals surface area contributed by atoms with Crippen molar-refractivity contribution in [3.8, 4) is 0 Å². The van der Waals surface area contributed by atoms with Gasteiger partial charge in [0.1, 0.15) is 0 Å². The van der Waals surface area contributed by atoms with Gasteiger partial charge in [0.05, 0.1) is 0 Å². The molecular weight excluding hydrogens is 328 g/mol. The lowest BCUT2D eigenvalue weighted by atomic mass is 9.71. The molecule has 0 N–H and O–H groups in total. The summed E-state index contributed by atoms with van der Waals surface area (Å²) in [6, 6.07) is 2.23. The number of thiophene rings is 1. The summed E-state index contributed by atoms with van der Waals surface area (Å²) in [5.41, 5.74) is 1.95. The molecule has 3 rings (SSSR count). The summed E-state index contributed by atoms with van der Waals surface area (Å²) in [6.45, 7) is 12.0. The first-order chi connectivity index (χ1) is 12.1. The van der Waals surface area contributed by atoms with E-state index in [1.807, 2.05) is 11.3 Å². The van der Waals surface area contributed by atoms with Gasteiger partial charge in [0.25, 0.3) is 0 Å². The van der Waals surface area contributed by atoms with E-state index < -0.39 is 0 Å². The predicted molar refractivity (Wildman–Crippen MR) is 106 cm³/mol. The molecule has 25 heavy (non-hydrogen) atoms.